The number of hydrogen-bond donors (Lipinski definition) is 1. The third-order valence-electron chi connectivity index (χ3n) is 4.19. The lowest BCUT2D eigenvalue weighted by Gasteiger charge is -2.01. The molecule has 0 saturated heterocycles. The predicted octanol–water partition coefficient (Wildman–Crippen LogP) is 4.60. The molecule has 3 rings (SSSR count). The van der Waals surface area contributed by atoms with Gasteiger partial charge in [0, 0.05) is 11.1 Å². The Morgan fingerprint density at radius 1 is 1.04 bits per heavy atom. The van der Waals surface area contributed by atoms with Crippen molar-refractivity contribution in [3.63, 3.8) is 0 Å². The molecule has 0 spiro atoms. The van der Waals surface area contributed by atoms with Crippen LogP contribution < -0.4 is 4.74 Å². The highest BCUT2D eigenvalue weighted by atomic mass is 16.5. The maximum Gasteiger partial charge on any atom is 0.185 e. The first-order chi connectivity index (χ1) is 12.1. The Bertz CT molecular complexity index is 921. The molecule has 0 aliphatic rings. The fourth-order valence-electron chi connectivity index (χ4n) is 2.49. The Morgan fingerprint density at radius 2 is 1.80 bits per heavy atom. The molecule has 0 radical (unpaired) electrons. The summed E-state index contributed by atoms with van der Waals surface area (Å²) >= 11 is 0. The lowest BCUT2D eigenvalue weighted by atomic mass is 10.0. The van der Waals surface area contributed by atoms with Crippen LogP contribution in [0.25, 0.3) is 17.3 Å². The van der Waals surface area contributed by atoms with Crippen molar-refractivity contribution in [1.82, 2.24) is 10.2 Å². The fraction of sp³-hybridized carbons (Fsp3) is 0.143. The van der Waals surface area contributed by atoms with Crippen LogP contribution >= 0.6 is 0 Å². The van der Waals surface area contributed by atoms with Crippen LogP contribution in [0.15, 0.2) is 54.6 Å². The molecular weight excluding hydrogens is 312 g/mol. The Labute approximate surface area is 147 Å². The van der Waals surface area contributed by atoms with E-state index in [9.17, 15) is 4.79 Å². The quantitative estimate of drug-likeness (QED) is 0.549. The number of aryl methyl sites for hydroxylation is 2. The van der Waals surface area contributed by atoms with Crippen LogP contribution in [-0.2, 0) is 0 Å². The number of ether oxygens (including phenoxy) is 1. The maximum atomic E-state index is 12.2. The number of rotatable bonds is 5. The SMILES string of the molecule is COc1ccc(C(=O)C=Cc2cc(-c3ccc(C)c(C)c3)n[nH]2)cc1. The lowest BCUT2D eigenvalue weighted by Crippen LogP contribution is -1.94. The zero-order chi connectivity index (χ0) is 17.8. The van der Waals surface area contributed by atoms with Gasteiger partial charge in [-0.1, -0.05) is 12.1 Å². The van der Waals surface area contributed by atoms with Gasteiger partial charge in [-0.2, -0.15) is 5.10 Å². The first kappa shape index (κ1) is 16.7. The normalized spacial score (nSPS) is 11.0. The summed E-state index contributed by atoms with van der Waals surface area (Å²) in [5, 5.41) is 7.28. The van der Waals surface area contributed by atoms with E-state index < -0.39 is 0 Å². The summed E-state index contributed by atoms with van der Waals surface area (Å²) in [7, 11) is 1.60. The number of nitrogens with zero attached hydrogens (tertiary/aromatic N) is 1. The van der Waals surface area contributed by atoms with Gasteiger partial charge in [0.15, 0.2) is 5.78 Å². The number of allylic oxidation sites excluding steroid dienone is 1. The smallest absolute Gasteiger partial charge is 0.185 e. The molecule has 0 bridgehead atoms. The molecular formula is C21H20N2O2. The highest BCUT2D eigenvalue weighted by Crippen LogP contribution is 2.21. The van der Waals surface area contributed by atoms with Crippen molar-refractivity contribution in [2.24, 2.45) is 0 Å². The summed E-state index contributed by atoms with van der Waals surface area (Å²) in [5.41, 5.74) is 5.80. The van der Waals surface area contributed by atoms with E-state index in [2.05, 4.69) is 42.2 Å². The van der Waals surface area contributed by atoms with E-state index in [-0.39, 0.29) is 5.78 Å². The second kappa shape index (κ2) is 7.18. The Kier molecular flexibility index (Phi) is 4.80. The standard InChI is InChI=1S/C21H20N2O2/c1-14-4-5-17(12-15(14)2)20-13-18(22-23-20)8-11-21(24)16-6-9-19(25-3)10-7-16/h4-13H,1-3H3,(H,22,23). The predicted molar refractivity (Wildman–Crippen MR) is 99.9 cm³/mol. The van der Waals surface area contributed by atoms with Gasteiger partial charge >= 0.3 is 0 Å². The van der Waals surface area contributed by atoms with E-state index in [4.69, 9.17) is 4.74 Å². The summed E-state index contributed by atoms with van der Waals surface area (Å²) in [5.74, 6) is 0.664. The summed E-state index contributed by atoms with van der Waals surface area (Å²) in [6, 6.07) is 15.2. The first-order valence-electron chi connectivity index (χ1n) is 8.06. The molecule has 25 heavy (non-hydrogen) atoms. The van der Waals surface area contributed by atoms with E-state index in [0.29, 0.717) is 5.56 Å². The third-order valence-corrected chi connectivity index (χ3v) is 4.19. The van der Waals surface area contributed by atoms with E-state index in [1.807, 2.05) is 6.07 Å². The minimum atomic E-state index is -0.0648. The van der Waals surface area contributed by atoms with Crippen LogP contribution in [0, 0.1) is 13.8 Å². The molecule has 0 saturated carbocycles. The molecule has 4 heteroatoms. The molecule has 1 aromatic heterocycles. The average Bonchev–Trinajstić information content (AvgIpc) is 3.11. The molecule has 0 aliphatic carbocycles. The van der Waals surface area contributed by atoms with E-state index in [1.165, 1.54) is 11.1 Å². The number of benzene rings is 2. The largest absolute Gasteiger partial charge is 0.497 e. The highest BCUT2D eigenvalue weighted by molar-refractivity contribution is 6.06. The van der Waals surface area contributed by atoms with Gasteiger partial charge in [-0.05, 0) is 73.5 Å². The number of methoxy groups -OCH3 is 1. The fourth-order valence-corrected chi connectivity index (χ4v) is 2.49. The van der Waals surface area contributed by atoms with E-state index in [0.717, 1.165) is 22.7 Å². The molecule has 1 heterocycles. The van der Waals surface area contributed by atoms with Gasteiger partial charge in [0.2, 0.25) is 0 Å². The number of H-pyrrole nitrogens is 1. The zero-order valence-electron chi connectivity index (χ0n) is 14.5. The second-order valence-corrected chi connectivity index (χ2v) is 5.93. The van der Waals surface area contributed by atoms with E-state index in [1.54, 1.807) is 43.5 Å². The molecule has 0 amide bonds. The van der Waals surface area contributed by atoms with Crippen LogP contribution in [-0.4, -0.2) is 23.1 Å². The Morgan fingerprint density at radius 3 is 2.48 bits per heavy atom. The zero-order valence-corrected chi connectivity index (χ0v) is 14.5. The summed E-state index contributed by atoms with van der Waals surface area (Å²) in [4.78, 5) is 12.2. The first-order valence-corrected chi connectivity index (χ1v) is 8.06. The number of carbonyl (C=O) groups excluding carboxylic acids is 1. The molecule has 0 atom stereocenters. The average molecular weight is 332 g/mol. The van der Waals surface area contributed by atoms with Crippen molar-refractivity contribution in [3.8, 4) is 17.0 Å². The molecule has 0 aliphatic heterocycles. The Hall–Kier alpha value is -3.14. The number of ketones is 1. The van der Waals surface area contributed by atoms with Crippen LogP contribution in [0.2, 0.25) is 0 Å². The van der Waals surface area contributed by atoms with Gasteiger partial charge < -0.3 is 4.74 Å². The van der Waals surface area contributed by atoms with Gasteiger partial charge in [-0.3, -0.25) is 9.89 Å². The number of nitrogens with one attached hydrogen (secondary N) is 1. The topological polar surface area (TPSA) is 55.0 Å². The third kappa shape index (κ3) is 3.86. The van der Waals surface area contributed by atoms with Gasteiger partial charge in [0.05, 0.1) is 18.5 Å². The van der Waals surface area contributed by atoms with Gasteiger partial charge in [0.25, 0.3) is 0 Å². The van der Waals surface area contributed by atoms with Gasteiger partial charge in [0.1, 0.15) is 5.75 Å². The number of carbonyl (C=O) groups is 1. The van der Waals surface area contributed by atoms with Crippen molar-refractivity contribution in [3.05, 3.63) is 77.0 Å². The molecule has 1 N–H and O–H groups in total. The van der Waals surface area contributed by atoms with Gasteiger partial charge in [-0.25, -0.2) is 0 Å². The number of hydrogen-bond acceptors (Lipinski definition) is 3. The minimum Gasteiger partial charge on any atom is -0.497 e. The second-order valence-electron chi connectivity index (χ2n) is 5.93. The summed E-state index contributed by atoms with van der Waals surface area (Å²) < 4.78 is 5.10. The lowest BCUT2D eigenvalue weighted by molar-refractivity contribution is 0.104. The van der Waals surface area contributed by atoms with Gasteiger partial charge in [-0.15, -0.1) is 0 Å². The van der Waals surface area contributed by atoms with Crippen molar-refractivity contribution in [2.45, 2.75) is 13.8 Å². The number of aromatic nitrogens is 2. The van der Waals surface area contributed by atoms with Crippen LogP contribution in [0.3, 0.4) is 0 Å². The van der Waals surface area contributed by atoms with Crippen molar-refractivity contribution < 1.29 is 9.53 Å². The van der Waals surface area contributed by atoms with Crippen LogP contribution in [0.1, 0.15) is 27.2 Å². The Balaban J connectivity index is 1.74. The number of aromatic amines is 1. The molecule has 2 aromatic carbocycles. The summed E-state index contributed by atoms with van der Waals surface area (Å²) in [6.07, 6.45) is 3.28. The molecule has 3 aromatic rings. The van der Waals surface area contributed by atoms with Crippen LogP contribution in [0.5, 0.6) is 5.75 Å². The van der Waals surface area contributed by atoms with Crippen molar-refractivity contribution in [1.29, 1.82) is 0 Å². The summed E-state index contributed by atoms with van der Waals surface area (Å²) in [6.45, 7) is 4.17. The van der Waals surface area contributed by atoms with Crippen molar-refractivity contribution >= 4 is 11.9 Å². The monoisotopic (exact) mass is 332 g/mol. The molecule has 0 unspecified atom stereocenters. The highest BCUT2D eigenvalue weighted by Gasteiger charge is 2.05. The maximum absolute atomic E-state index is 12.2. The van der Waals surface area contributed by atoms with Crippen LogP contribution in [0.4, 0.5) is 0 Å². The molecule has 0 fully saturated rings. The van der Waals surface area contributed by atoms with E-state index >= 15 is 0 Å². The van der Waals surface area contributed by atoms with Crippen molar-refractivity contribution in [2.75, 3.05) is 7.11 Å². The minimum absolute atomic E-state index is 0.0648. The molecule has 126 valence electrons. The molecule has 4 nitrogen and oxygen atoms in total.